The lowest BCUT2D eigenvalue weighted by atomic mass is 10.2. The van der Waals surface area contributed by atoms with Gasteiger partial charge in [-0.2, -0.15) is 26.3 Å². The summed E-state index contributed by atoms with van der Waals surface area (Å²) in [6, 6.07) is 0. The van der Waals surface area contributed by atoms with E-state index in [-0.39, 0.29) is 0 Å². The van der Waals surface area contributed by atoms with Crippen LogP contribution in [0.4, 0.5) is 26.3 Å². The molecule has 0 radical (unpaired) electrons. The molecule has 1 aliphatic rings. The van der Waals surface area contributed by atoms with Crippen molar-refractivity contribution >= 4 is 20.0 Å². The van der Waals surface area contributed by atoms with Gasteiger partial charge in [0.2, 0.25) is 0 Å². The summed E-state index contributed by atoms with van der Waals surface area (Å²) in [6.45, 7) is 4.73. The van der Waals surface area contributed by atoms with Gasteiger partial charge in [0, 0.05) is 0 Å². The third-order valence-electron chi connectivity index (χ3n) is 3.52. The number of hydrogen-bond acceptors (Lipinski definition) is 4. The van der Waals surface area contributed by atoms with Gasteiger partial charge in [-0.15, -0.1) is 0 Å². The Morgan fingerprint density at radius 3 is 1.75 bits per heavy atom. The number of hydrogen-bond donors (Lipinski definition) is 0. The van der Waals surface area contributed by atoms with Gasteiger partial charge in [-0.25, -0.2) is 16.8 Å². The Labute approximate surface area is 160 Å². The molecule has 6 nitrogen and oxygen atoms in total. The van der Waals surface area contributed by atoms with Crippen molar-refractivity contribution in [1.82, 2.24) is 0 Å². The highest BCUT2D eigenvalue weighted by molar-refractivity contribution is 8.13. The van der Waals surface area contributed by atoms with Crippen molar-refractivity contribution in [2.45, 2.75) is 43.6 Å². The fraction of sp³-hybridized carbons (Fsp3) is 0.714. The van der Waals surface area contributed by atoms with Crippen LogP contribution in [0.1, 0.15) is 32.6 Å². The van der Waals surface area contributed by atoms with Gasteiger partial charge in [0.15, 0.2) is 20.0 Å². The second kappa shape index (κ2) is 10.1. The molecule has 28 heavy (non-hydrogen) atoms. The predicted molar refractivity (Wildman–Crippen MR) is 91.6 cm³/mol. The summed E-state index contributed by atoms with van der Waals surface area (Å²) in [7, 11) is -11.1. The van der Waals surface area contributed by atoms with E-state index >= 15 is 0 Å². The molecule has 1 unspecified atom stereocenters. The molecule has 0 saturated heterocycles. The van der Waals surface area contributed by atoms with E-state index in [0.29, 0.717) is 0 Å². The monoisotopic (exact) mass is 460 g/mol. The SMILES string of the molecule is CCCCCC[N+]1(C)C=CC=CC1.O=S(=O)([N-]S(=O)(=O)C(F)(F)F)C(F)(F)F. The van der Waals surface area contributed by atoms with Gasteiger partial charge in [0.05, 0.1) is 19.8 Å². The van der Waals surface area contributed by atoms with Gasteiger partial charge < -0.3 is 4.13 Å². The third-order valence-corrected chi connectivity index (χ3v) is 6.26. The highest BCUT2D eigenvalue weighted by atomic mass is 32.3. The molecule has 0 fully saturated rings. The molecule has 0 amide bonds. The first-order chi connectivity index (χ1) is 12.5. The van der Waals surface area contributed by atoms with Crippen molar-refractivity contribution in [3.05, 3.63) is 28.6 Å². The van der Waals surface area contributed by atoms with Crippen molar-refractivity contribution < 1.29 is 47.7 Å². The first-order valence-corrected chi connectivity index (χ1v) is 10.9. The predicted octanol–water partition coefficient (Wildman–Crippen LogP) is 4.16. The molecule has 1 aliphatic heterocycles. The summed E-state index contributed by atoms with van der Waals surface area (Å²) in [5.74, 6) is 0. The molecular weight excluding hydrogens is 438 g/mol. The zero-order chi connectivity index (χ0) is 22.3. The van der Waals surface area contributed by atoms with Crippen LogP contribution in [0.3, 0.4) is 0 Å². The molecule has 0 aromatic rings. The number of unbranched alkanes of at least 4 members (excludes halogenated alkanes) is 3. The topological polar surface area (TPSA) is 82.4 Å². The molecule has 0 spiro atoms. The molecule has 0 aromatic carbocycles. The minimum Gasteiger partial charge on any atom is -0.421 e. The number of likely N-dealkylation sites (N-methyl/N-ethyl adjacent to an activating group) is 1. The van der Waals surface area contributed by atoms with Crippen molar-refractivity contribution in [1.29, 1.82) is 0 Å². The maximum Gasteiger partial charge on any atom is 0.480 e. The lowest BCUT2D eigenvalue weighted by Gasteiger charge is -2.30. The largest absolute Gasteiger partial charge is 0.480 e. The Balaban J connectivity index is 0.000000525. The average molecular weight is 460 g/mol. The second-order valence-corrected chi connectivity index (χ2v) is 9.55. The maximum atomic E-state index is 11.4. The summed E-state index contributed by atoms with van der Waals surface area (Å²) in [5.41, 5.74) is -12.4. The van der Waals surface area contributed by atoms with Gasteiger partial charge in [-0.3, -0.25) is 4.48 Å². The van der Waals surface area contributed by atoms with E-state index in [1.54, 1.807) is 0 Å². The smallest absolute Gasteiger partial charge is 0.421 e. The van der Waals surface area contributed by atoms with Crippen LogP contribution in [-0.4, -0.2) is 52.5 Å². The number of sulfonamides is 2. The molecule has 0 N–H and O–H groups in total. The highest BCUT2D eigenvalue weighted by Crippen LogP contribution is 2.36. The van der Waals surface area contributed by atoms with Crippen LogP contribution in [0.25, 0.3) is 4.13 Å². The number of nitrogens with zero attached hydrogens (tertiary/aromatic N) is 2. The lowest BCUT2D eigenvalue weighted by molar-refractivity contribution is -0.854. The van der Waals surface area contributed by atoms with Gasteiger partial charge in [-0.1, -0.05) is 25.8 Å². The molecule has 166 valence electrons. The van der Waals surface area contributed by atoms with Crippen LogP contribution in [0.2, 0.25) is 0 Å². The molecule has 1 atom stereocenters. The Hall–Kier alpha value is -1.12. The minimum atomic E-state index is -6.72. The Kier molecular flexibility index (Phi) is 9.67. The quantitative estimate of drug-likeness (QED) is 0.325. The number of rotatable bonds is 7. The Morgan fingerprint density at radius 1 is 0.893 bits per heavy atom. The van der Waals surface area contributed by atoms with Crippen molar-refractivity contribution in [3.63, 3.8) is 0 Å². The normalized spacial score (nSPS) is 20.6. The van der Waals surface area contributed by atoms with Gasteiger partial charge in [0.1, 0.15) is 6.54 Å². The molecule has 0 bridgehead atoms. The van der Waals surface area contributed by atoms with Crippen LogP contribution in [0, 0.1) is 0 Å². The molecule has 14 heteroatoms. The fourth-order valence-corrected chi connectivity index (χ4v) is 3.69. The average Bonchev–Trinajstić information content (AvgIpc) is 2.50. The van der Waals surface area contributed by atoms with E-state index in [2.05, 4.69) is 38.4 Å². The highest BCUT2D eigenvalue weighted by Gasteiger charge is 2.46. The van der Waals surface area contributed by atoms with E-state index in [0.717, 1.165) is 8.61 Å². The van der Waals surface area contributed by atoms with E-state index in [1.165, 1.54) is 38.8 Å². The molecule has 0 aliphatic carbocycles. The van der Waals surface area contributed by atoms with E-state index in [4.69, 9.17) is 0 Å². The Morgan fingerprint density at radius 2 is 1.39 bits per heavy atom. The van der Waals surface area contributed by atoms with Gasteiger partial charge in [0.25, 0.3) is 0 Å². The summed E-state index contributed by atoms with van der Waals surface area (Å²) in [4.78, 5) is 0. The zero-order valence-electron chi connectivity index (χ0n) is 15.2. The molecule has 0 saturated carbocycles. The van der Waals surface area contributed by atoms with Crippen LogP contribution in [0.15, 0.2) is 24.4 Å². The lowest BCUT2D eigenvalue weighted by Crippen LogP contribution is -2.40. The van der Waals surface area contributed by atoms with E-state index < -0.39 is 31.1 Å². The molecule has 1 rings (SSSR count). The van der Waals surface area contributed by atoms with Gasteiger partial charge in [-0.05, 0) is 25.0 Å². The number of alkyl halides is 6. The summed E-state index contributed by atoms with van der Waals surface area (Å²) in [5, 5.41) is 0. The second-order valence-electron chi connectivity index (χ2n) is 6.13. The van der Waals surface area contributed by atoms with E-state index in [1.807, 2.05) is 0 Å². The molecule has 1 heterocycles. The summed E-state index contributed by atoms with van der Waals surface area (Å²) >= 11 is 0. The summed E-state index contributed by atoms with van der Waals surface area (Å²) in [6.07, 6.45) is 14.4. The first-order valence-electron chi connectivity index (χ1n) is 8.03. The number of quaternary nitrogens is 1. The standard InChI is InChI=1S/C12H22N.C2F6NO4S2/c1-3-4-5-7-10-13(2)11-8-6-9-12-13;3-1(4,5)14(10,11)9-15(12,13)2(6,7)8/h6,8-9,11H,3-5,7,10,12H2,1-2H3;/q+1;-1. The molecule has 0 aromatic heterocycles. The minimum absolute atomic E-state index is 0.778. The van der Waals surface area contributed by atoms with Crippen LogP contribution >= 0.6 is 0 Å². The van der Waals surface area contributed by atoms with Crippen molar-refractivity contribution in [3.8, 4) is 0 Å². The number of allylic oxidation sites excluding steroid dienone is 2. The number of halogens is 6. The first kappa shape index (κ1) is 26.9. The zero-order valence-corrected chi connectivity index (χ0v) is 16.8. The fourth-order valence-electron chi connectivity index (χ4n) is 1.98. The van der Waals surface area contributed by atoms with Crippen molar-refractivity contribution in [2.24, 2.45) is 0 Å². The summed E-state index contributed by atoms with van der Waals surface area (Å²) < 4.78 is 110. The van der Waals surface area contributed by atoms with Crippen molar-refractivity contribution in [2.75, 3.05) is 20.1 Å². The van der Waals surface area contributed by atoms with Gasteiger partial charge >= 0.3 is 11.0 Å². The van der Waals surface area contributed by atoms with E-state index in [9.17, 15) is 43.2 Å². The van der Waals surface area contributed by atoms with Crippen LogP contribution in [0.5, 0.6) is 0 Å². The third kappa shape index (κ3) is 8.92. The maximum absolute atomic E-state index is 11.4. The van der Waals surface area contributed by atoms with Crippen LogP contribution in [-0.2, 0) is 20.0 Å². The van der Waals surface area contributed by atoms with Crippen LogP contribution < -0.4 is 0 Å². The molecular formula is C14H22F6N2O4S2. The Bertz CT molecular complexity index is 716.